The Morgan fingerprint density at radius 1 is 1.25 bits per heavy atom. The summed E-state index contributed by atoms with van der Waals surface area (Å²) in [6, 6.07) is -0.0311. The van der Waals surface area contributed by atoms with Crippen LogP contribution in [0.1, 0.15) is 25.7 Å². The van der Waals surface area contributed by atoms with Gasteiger partial charge in [0.05, 0.1) is 11.8 Å². The predicted molar refractivity (Wildman–Crippen MR) is 57.6 cm³/mol. The molecule has 1 aliphatic carbocycles. The number of likely N-dealkylation sites (tertiary alicyclic amines) is 1. The molecule has 2 aliphatic rings. The molecule has 0 aromatic carbocycles. The Kier molecular flexibility index (Phi) is 3.14. The maximum absolute atomic E-state index is 12.1. The molecule has 2 fully saturated rings. The van der Waals surface area contributed by atoms with Gasteiger partial charge in [-0.05, 0) is 19.3 Å². The van der Waals surface area contributed by atoms with Gasteiger partial charge in [-0.1, -0.05) is 6.42 Å². The lowest BCUT2D eigenvalue weighted by Gasteiger charge is -2.22. The molecule has 16 heavy (non-hydrogen) atoms. The molecule has 3 unspecified atom stereocenters. The Labute approximate surface area is 94.6 Å². The van der Waals surface area contributed by atoms with E-state index in [0.29, 0.717) is 19.5 Å². The molecule has 0 aromatic heterocycles. The van der Waals surface area contributed by atoms with E-state index in [1.165, 1.54) is 0 Å². The zero-order valence-corrected chi connectivity index (χ0v) is 9.26. The smallest absolute Gasteiger partial charge is 0.308 e. The fourth-order valence-electron chi connectivity index (χ4n) is 2.69. The Balaban J connectivity index is 1.94. The van der Waals surface area contributed by atoms with Gasteiger partial charge in [0.1, 0.15) is 0 Å². The first-order valence-corrected chi connectivity index (χ1v) is 5.86. The molecule has 1 aliphatic heterocycles. The van der Waals surface area contributed by atoms with Gasteiger partial charge in [0.25, 0.3) is 0 Å². The lowest BCUT2D eigenvalue weighted by molar-refractivity contribution is -0.141. The normalized spacial score (nSPS) is 34.3. The second kappa shape index (κ2) is 4.41. The van der Waals surface area contributed by atoms with Gasteiger partial charge in [-0.3, -0.25) is 9.59 Å². The van der Waals surface area contributed by atoms with E-state index in [1.807, 2.05) is 0 Å². The van der Waals surface area contributed by atoms with Crippen molar-refractivity contribution in [3.8, 4) is 0 Å². The van der Waals surface area contributed by atoms with Crippen molar-refractivity contribution < 1.29 is 14.7 Å². The number of aliphatic carboxylic acids is 1. The molecule has 1 amide bonds. The number of carbonyl (C=O) groups excluding carboxylic acids is 1. The van der Waals surface area contributed by atoms with Gasteiger partial charge in [0.15, 0.2) is 0 Å². The molecule has 1 saturated carbocycles. The quantitative estimate of drug-likeness (QED) is 0.696. The van der Waals surface area contributed by atoms with Crippen molar-refractivity contribution in [2.24, 2.45) is 17.6 Å². The topological polar surface area (TPSA) is 83.6 Å². The van der Waals surface area contributed by atoms with Crippen LogP contribution >= 0.6 is 0 Å². The highest BCUT2D eigenvalue weighted by molar-refractivity contribution is 5.81. The number of carbonyl (C=O) groups is 2. The molecule has 0 spiro atoms. The van der Waals surface area contributed by atoms with Gasteiger partial charge >= 0.3 is 5.97 Å². The highest BCUT2D eigenvalue weighted by Gasteiger charge is 2.37. The third-order valence-corrected chi connectivity index (χ3v) is 3.74. The molecule has 0 radical (unpaired) electrons. The van der Waals surface area contributed by atoms with E-state index in [-0.39, 0.29) is 23.8 Å². The molecule has 0 aromatic rings. The second-order valence-corrected chi connectivity index (χ2v) is 4.81. The summed E-state index contributed by atoms with van der Waals surface area (Å²) < 4.78 is 0. The molecule has 90 valence electrons. The Morgan fingerprint density at radius 2 is 2.00 bits per heavy atom. The first-order valence-electron chi connectivity index (χ1n) is 5.86. The third-order valence-electron chi connectivity index (χ3n) is 3.74. The molecule has 0 bridgehead atoms. The fourth-order valence-corrected chi connectivity index (χ4v) is 2.69. The van der Waals surface area contributed by atoms with Crippen molar-refractivity contribution in [1.82, 2.24) is 4.90 Å². The number of amides is 1. The number of nitrogens with two attached hydrogens (primary N) is 1. The highest BCUT2D eigenvalue weighted by Crippen LogP contribution is 2.28. The van der Waals surface area contributed by atoms with E-state index in [9.17, 15) is 9.59 Å². The van der Waals surface area contributed by atoms with Gasteiger partial charge in [-0.15, -0.1) is 0 Å². The van der Waals surface area contributed by atoms with Gasteiger partial charge in [-0.2, -0.15) is 0 Å². The molecule has 1 heterocycles. The van der Waals surface area contributed by atoms with E-state index in [1.54, 1.807) is 4.90 Å². The zero-order chi connectivity index (χ0) is 11.7. The van der Waals surface area contributed by atoms with Gasteiger partial charge in [0.2, 0.25) is 5.91 Å². The first kappa shape index (κ1) is 11.4. The Bertz CT molecular complexity index is 306. The van der Waals surface area contributed by atoms with Crippen molar-refractivity contribution in [2.75, 3.05) is 13.1 Å². The van der Waals surface area contributed by atoms with E-state index < -0.39 is 5.97 Å². The third kappa shape index (κ3) is 2.04. The van der Waals surface area contributed by atoms with Crippen molar-refractivity contribution in [1.29, 1.82) is 0 Å². The highest BCUT2D eigenvalue weighted by atomic mass is 16.4. The zero-order valence-electron chi connectivity index (χ0n) is 9.26. The van der Waals surface area contributed by atoms with E-state index >= 15 is 0 Å². The van der Waals surface area contributed by atoms with Crippen LogP contribution in [0.4, 0.5) is 0 Å². The predicted octanol–water partition coefficient (Wildman–Crippen LogP) is 0.0469. The second-order valence-electron chi connectivity index (χ2n) is 4.81. The van der Waals surface area contributed by atoms with Gasteiger partial charge in [-0.25, -0.2) is 0 Å². The summed E-state index contributed by atoms with van der Waals surface area (Å²) in [5, 5.41) is 8.87. The molecule has 3 N–H and O–H groups in total. The Hall–Kier alpha value is -1.10. The van der Waals surface area contributed by atoms with Gasteiger partial charge in [0, 0.05) is 19.1 Å². The molecule has 3 atom stereocenters. The first-order chi connectivity index (χ1) is 7.59. The summed E-state index contributed by atoms with van der Waals surface area (Å²) in [6.07, 6.45) is 3.34. The van der Waals surface area contributed by atoms with Gasteiger partial charge < -0.3 is 15.7 Å². The van der Waals surface area contributed by atoms with Crippen molar-refractivity contribution >= 4 is 11.9 Å². The SMILES string of the molecule is NC1CCCC1C(=O)N1CCC(C(=O)O)C1. The lowest BCUT2D eigenvalue weighted by atomic mass is 10.0. The summed E-state index contributed by atoms with van der Waals surface area (Å²) in [6.45, 7) is 0.927. The van der Waals surface area contributed by atoms with Crippen LogP contribution in [0.5, 0.6) is 0 Å². The summed E-state index contributed by atoms with van der Waals surface area (Å²) >= 11 is 0. The average molecular weight is 226 g/mol. The van der Waals surface area contributed by atoms with Crippen LogP contribution < -0.4 is 5.73 Å². The molecule has 5 heteroatoms. The summed E-state index contributed by atoms with van der Waals surface area (Å²) in [5.74, 6) is -1.20. The minimum absolute atomic E-state index is 0.0311. The largest absolute Gasteiger partial charge is 0.481 e. The Morgan fingerprint density at radius 3 is 2.50 bits per heavy atom. The maximum atomic E-state index is 12.1. The van der Waals surface area contributed by atoms with Crippen molar-refractivity contribution in [2.45, 2.75) is 31.7 Å². The van der Waals surface area contributed by atoms with E-state index in [2.05, 4.69) is 0 Å². The van der Waals surface area contributed by atoms with Crippen LogP contribution in [0.2, 0.25) is 0 Å². The maximum Gasteiger partial charge on any atom is 0.308 e. The van der Waals surface area contributed by atoms with Crippen molar-refractivity contribution in [3.05, 3.63) is 0 Å². The number of carboxylic acid groups (broad SMARTS) is 1. The average Bonchev–Trinajstić information content (AvgIpc) is 2.84. The minimum Gasteiger partial charge on any atom is -0.481 e. The number of rotatable bonds is 2. The molecular weight excluding hydrogens is 208 g/mol. The fraction of sp³-hybridized carbons (Fsp3) is 0.818. The van der Waals surface area contributed by atoms with Crippen LogP contribution in [0.25, 0.3) is 0 Å². The van der Waals surface area contributed by atoms with Crippen LogP contribution in [-0.4, -0.2) is 41.0 Å². The molecule has 2 rings (SSSR count). The lowest BCUT2D eigenvalue weighted by Crippen LogP contribution is -2.40. The number of nitrogens with zero attached hydrogens (tertiary/aromatic N) is 1. The summed E-state index contributed by atoms with van der Waals surface area (Å²) in [4.78, 5) is 24.5. The van der Waals surface area contributed by atoms with Crippen LogP contribution in [-0.2, 0) is 9.59 Å². The van der Waals surface area contributed by atoms with Crippen LogP contribution in [0, 0.1) is 11.8 Å². The van der Waals surface area contributed by atoms with Crippen LogP contribution in [0.3, 0.4) is 0 Å². The molecule has 5 nitrogen and oxygen atoms in total. The standard InChI is InChI=1S/C11H18N2O3/c12-9-3-1-2-8(9)10(14)13-5-4-7(6-13)11(15)16/h7-9H,1-6,12H2,(H,15,16). The summed E-state index contributed by atoms with van der Waals surface area (Å²) in [7, 11) is 0. The number of hydrogen-bond donors (Lipinski definition) is 2. The van der Waals surface area contributed by atoms with E-state index in [0.717, 1.165) is 19.3 Å². The molecular formula is C11H18N2O3. The molecule has 1 saturated heterocycles. The number of hydrogen-bond acceptors (Lipinski definition) is 3. The minimum atomic E-state index is -0.800. The van der Waals surface area contributed by atoms with Crippen LogP contribution in [0.15, 0.2) is 0 Å². The van der Waals surface area contributed by atoms with E-state index in [4.69, 9.17) is 10.8 Å². The monoisotopic (exact) mass is 226 g/mol. The summed E-state index contributed by atoms with van der Waals surface area (Å²) in [5.41, 5.74) is 5.88. The van der Waals surface area contributed by atoms with Crippen molar-refractivity contribution in [3.63, 3.8) is 0 Å². The number of carboxylic acids is 1.